The van der Waals surface area contributed by atoms with Crippen LogP contribution in [0.1, 0.15) is 18.2 Å². The van der Waals surface area contributed by atoms with Crippen LogP contribution >= 0.6 is 0 Å². The Bertz CT molecular complexity index is 486. The van der Waals surface area contributed by atoms with Gasteiger partial charge in [0.1, 0.15) is 17.1 Å². The van der Waals surface area contributed by atoms with E-state index < -0.39 is 0 Å². The summed E-state index contributed by atoms with van der Waals surface area (Å²) in [5, 5.41) is 13.0. The number of nitrogens with zero attached hydrogens (tertiary/aromatic N) is 2. The van der Waals surface area contributed by atoms with Crippen LogP contribution in [0.4, 0.5) is 0 Å². The molecule has 2 N–H and O–H groups in total. The van der Waals surface area contributed by atoms with E-state index in [1.807, 2.05) is 16.7 Å². The number of hydrogen-bond donors (Lipinski definition) is 2. The zero-order chi connectivity index (χ0) is 10.3. The number of aromatic nitrogens is 2. The first-order valence-electron chi connectivity index (χ1n) is 5.22. The summed E-state index contributed by atoms with van der Waals surface area (Å²) in [4.78, 5) is 4.40. The van der Waals surface area contributed by atoms with Crippen LogP contribution in [-0.2, 0) is 0 Å². The molecule has 15 heavy (non-hydrogen) atoms. The standard InChI is InChI=1S/C11H13N3O/c15-10-2-1-5-14-9(10)7-13-11(14)8-3-4-12-6-8/h1-2,5,7-8,12,15H,3-4,6H2. The van der Waals surface area contributed by atoms with Crippen LogP contribution in [0.15, 0.2) is 24.5 Å². The molecule has 1 saturated heterocycles. The topological polar surface area (TPSA) is 49.6 Å². The number of nitrogens with one attached hydrogen (secondary N) is 1. The lowest BCUT2D eigenvalue weighted by atomic mass is 10.1. The lowest BCUT2D eigenvalue weighted by Gasteiger charge is -2.07. The first-order valence-corrected chi connectivity index (χ1v) is 5.22. The van der Waals surface area contributed by atoms with Gasteiger partial charge < -0.3 is 14.8 Å². The predicted octanol–water partition coefficient (Wildman–Crippen LogP) is 1.12. The molecule has 1 atom stereocenters. The Morgan fingerprint density at radius 2 is 2.47 bits per heavy atom. The molecule has 3 rings (SSSR count). The van der Waals surface area contributed by atoms with Gasteiger partial charge in [0.25, 0.3) is 0 Å². The summed E-state index contributed by atoms with van der Waals surface area (Å²) in [6.45, 7) is 2.03. The summed E-state index contributed by atoms with van der Waals surface area (Å²) in [5.41, 5.74) is 0.791. The molecule has 1 fully saturated rings. The van der Waals surface area contributed by atoms with Crippen LogP contribution in [0, 0.1) is 0 Å². The molecule has 0 bridgehead atoms. The molecule has 2 aromatic heterocycles. The van der Waals surface area contributed by atoms with Crippen molar-refractivity contribution in [1.82, 2.24) is 14.7 Å². The number of fused-ring (bicyclic) bond motifs is 1. The van der Waals surface area contributed by atoms with E-state index in [4.69, 9.17) is 0 Å². The maximum Gasteiger partial charge on any atom is 0.141 e. The fourth-order valence-electron chi connectivity index (χ4n) is 2.20. The summed E-state index contributed by atoms with van der Waals surface area (Å²) in [6.07, 6.45) is 4.81. The molecule has 0 amide bonds. The van der Waals surface area contributed by atoms with Crippen LogP contribution in [0.2, 0.25) is 0 Å². The van der Waals surface area contributed by atoms with E-state index in [1.54, 1.807) is 12.3 Å². The Labute approximate surface area is 87.6 Å². The molecule has 2 aromatic rings. The second kappa shape index (κ2) is 3.24. The quantitative estimate of drug-likeness (QED) is 0.730. The van der Waals surface area contributed by atoms with Crippen molar-refractivity contribution >= 4 is 5.52 Å². The summed E-state index contributed by atoms with van der Waals surface area (Å²) < 4.78 is 1.98. The Morgan fingerprint density at radius 3 is 3.27 bits per heavy atom. The van der Waals surface area contributed by atoms with Crippen molar-refractivity contribution < 1.29 is 5.11 Å². The van der Waals surface area contributed by atoms with Gasteiger partial charge in [0.2, 0.25) is 0 Å². The Hall–Kier alpha value is -1.55. The molecule has 0 radical (unpaired) electrons. The fourth-order valence-corrected chi connectivity index (χ4v) is 2.20. The Kier molecular flexibility index (Phi) is 1.89. The lowest BCUT2D eigenvalue weighted by molar-refractivity contribution is 0.478. The molecule has 4 heteroatoms. The van der Waals surface area contributed by atoms with Gasteiger partial charge >= 0.3 is 0 Å². The number of imidazole rings is 1. The largest absolute Gasteiger partial charge is 0.506 e. The molecule has 1 unspecified atom stereocenters. The smallest absolute Gasteiger partial charge is 0.141 e. The fraction of sp³-hybridized carbons (Fsp3) is 0.364. The Balaban J connectivity index is 2.15. The molecule has 0 spiro atoms. The molecule has 4 nitrogen and oxygen atoms in total. The van der Waals surface area contributed by atoms with Gasteiger partial charge in [-0.3, -0.25) is 0 Å². The SMILES string of the molecule is Oc1cccn2c(C3CCNC3)ncc12. The Morgan fingerprint density at radius 1 is 1.53 bits per heavy atom. The van der Waals surface area contributed by atoms with E-state index in [0.717, 1.165) is 30.9 Å². The molecule has 0 aliphatic carbocycles. The van der Waals surface area contributed by atoms with Crippen molar-refractivity contribution in [1.29, 1.82) is 0 Å². The number of hydrogen-bond acceptors (Lipinski definition) is 3. The van der Waals surface area contributed by atoms with E-state index in [1.165, 1.54) is 0 Å². The van der Waals surface area contributed by atoms with E-state index >= 15 is 0 Å². The molecule has 1 aliphatic rings. The predicted molar refractivity (Wildman–Crippen MR) is 57.1 cm³/mol. The van der Waals surface area contributed by atoms with Gasteiger partial charge in [-0.15, -0.1) is 0 Å². The van der Waals surface area contributed by atoms with Crippen LogP contribution in [0.25, 0.3) is 5.52 Å². The highest BCUT2D eigenvalue weighted by Crippen LogP contribution is 2.25. The molecule has 1 aliphatic heterocycles. The van der Waals surface area contributed by atoms with Crippen LogP contribution in [0.3, 0.4) is 0 Å². The molecular formula is C11H13N3O. The molecule has 3 heterocycles. The first kappa shape index (κ1) is 8.73. The van der Waals surface area contributed by atoms with E-state index in [9.17, 15) is 5.11 Å². The van der Waals surface area contributed by atoms with Gasteiger partial charge in [0, 0.05) is 18.7 Å². The monoisotopic (exact) mass is 203 g/mol. The molecule has 78 valence electrons. The minimum Gasteiger partial charge on any atom is -0.506 e. The minimum absolute atomic E-state index is 0.294. The maximum absolute atomic E-state index is 9.65. The van der Waals surface area contributed by atoms with E-state index in [-0.39, 0.29) is 0 Å². The van der Waals surface area contributed by atoms with Crippen molar-refractivity contribution in [3.63, 3.8) is 0 Å². The summed E-state index contributed by atoms with van der Waals surface area (Å²) >= 11 is 0. The highest BCUT2D eigenvalue weighted by atomic mass is 16.3. The average Bonchev–Trinajstić information content (AvgIpc) is 2.85. The summed E-state index contributed by atoms with van der Waals surface area (Å²) in [5.74, 6) is 1.81. The van der Waals surface area contributed by atoms with Gasteiger partial charge in [-0.2, -0.15) is 0 Å². The van der Waals surface area contributed by atoms with Gasteiger partial charge in [0.15, 0.2) is 0 Å². The van der Waals surface area contributed by atoms with Crippen molar-refractivity contribution in [2.45, 2.75) is 12.3 Å². The number of rotatable bonds is 1. The van der Waals surface area contributed by atoms with Gasteiger partial charge in [-0.05, 0) is 25.1 Å². The normalized spacial score (nSPS) is 21.2. The van der Waals surface area contributed by atoms with Crippen molar-refractivity contribution in [2.24, 2.45) is 0 Å². The first-order chi connectivity index (χ1) is 7.36. The summed E-state index contributed by atoms with van der Waals surface area (Å²) in [6, 6.07) is 3.53. The van der Waals surface area contributed by atoms with E-state index in [0.29, 0.717) is 11.7 Å². The number of aromatic hydroxyl groups is 1. The molecule has 0 aromatic carbocycles. The molecular weight excluding hydrogens is 190 g/mol. The highest BCUT2D eigenvalue weighted by Gasteiger charge is 2.21. The van der Waals surface area contributed by atoms with Crippen molar-refractivity contribution in [2.75, 3.05) is 13.1 Å². The third-order valence-corrected chi connectivity index (χ3v) is 3.00. The van der Waals surface area contributed by atoms with Crippen LogP contribution in [0.5, 0.6) is 5.75 Å². The van der Waals surface area contributed by atoms with Gasteiger partial charge in [-0.1, -0.05) is 0 Å². The lowest BCUT2D eigenvalue weighted by Crippen LogP contribution is -2.10. The average molecular weight is 203 g/mol. The van der Waals surface area contributed by atoms with Gasteiger partial charge in [-0.25, -0.2) is 4.98 Å². The van der Waals surface area contributed by atoms with Crippen LogP contribution < -0.4 is 5.32 Å². The third-order valence-electron chi connectivity index (χ3n) is 3.00. The van der Waals surface area contributed by atoms with E-state index in [2.05, 4.69) is 10.3 Å². The minimum atomic E-state index is 0.294. The zero-order valence-electron chi connectivity index (χ0n) is 8.35. The molecule has 0 saturated carbocycles. The van der Waals surface area contributed by atoms with Crippen LogP contribution in [-0.4, -0.2) is 27.6 Å². The third kappa shape index (κ3) is 1.29. The van der Waals surface area contributed by atoms with Gasteiger partial charge in [0.05, 0.1) is 6.20 Å². The van der Waals surface area contributed by atoms with Crippen molar-refractivity contribution in [3.05, 3.63) is 30.4 Å². The van der Waals surface area contributed by atoms with Crippen molar-refractivity contribution in [3.8, 4) is 5.75 Å². The number of pyridine rings is 1. The second-order valence-corrected chi connectivity index (χ2v) is 3.95. The summed E-state index contributed by atoms with van der Waals surface area (Å²) in [7, 11) is 0. The second-order valence-electron chi connectivity index (χ2n) is 3.95. The highest BCUT2D eigenvalue weighted by molar-refractivity contribution is 5.58. The zero-order valence-corrected chi connectivity index (χ0v) is 8.35. The maximum atomic E-state index is 9.65.